The Bertz CT molecular complexity index is 543. The van der Waals surface area contributed by atoms with E-state index in [0.717, 1.165) is 18.4 Å². The van der Waals surface area contributed by atoms with Crippen LogP contribution in [0.4, 0.5) is 0 Å². The molecule has 116 valence electrons. The van der Waals surface area contributed by atoms with Crippen LogP contribution < -0.4 is 5.32 Å². The fourth-order valence-corrected chi connectivity index (χ4v) is 2.67. The molecule has 0 bridgehead atoms. The van der Waals surface area contributed by atoms with Gasteiger partial charge in [0.05, 0.1) is 12.5 Å². The quantitative estimate of drug-likeness (QED) is 0.895. The predicted molar refractivity (Wildman–Crippen MR) is 82.7 cm³/mol. The van der Waals surface area contributed by atoms with Gasteiger partial charge in [0.15, 0.2) is 0 Å². The number of nitrogens with zero attached hydrogens (tertiary/aromatic N) is 2. The molecule has 0 spiro atoms. The second-order valence-electron chi connectivity index (χ2n) is 5.63. The van der Waals surface area contributed by atoms with Gasteiger partial charge in [-0.05, 0) is 24.3 Å². The van der Waals surface area contributed by atoms with Crippen LogP contribution >= 0.6 is 0 Å². The summed E-state index contributed by atoms with van der Waals surface area (Å²) < 4.78 is 0. The van der Waals surface area contributed by atoms with Crippen molar-refractivity contribution in [3.63, 3.8) is 0 Å². The molecular weight excluding hydrogens is 278 g/mol. The van der Waals surface area contributed by atoms with E-state index in [0.29, 0.717) is 32.0 Å². The molecule has 0 unspecified atom stereocenters. The fraction of sp³-hybridized carbons (Fsp3) is 0.471. The molecule has 5 heteroatoms. The lowest BCUT2D eigenvalue weighted by Gasteiger charge is -2.31. The van der Waals surface area contributed by atoms with Gasteiger partial charge in [-0.25, -0.2) is 0 Å². The Morgan fingerprint density at radius 2 is 1.91 bits per heavy atom. The number of nitriles is 1. The number of nitrogens with one attached hydrogen (secondary N) is 1. The molecule has 2 rings (SSSR count). The number of hydrogen-bond acceptors (Lipinski definition) is 3. The van der Waals surface area contributed by atoms with Crippen molar-refractivity contribution in [2.45, 2.75) is 25.7 Å². The van der Waals surface area contributed by atoms with E-state index in [1.807, 2.05) is 36.4 Å². The minimum absolute atomic E-state index is 0.0363. The van der Waals surface area contributed by atoms with Crippen molar-refractivity contribution >= 4 is 11.8 Å². The van der Waals surface area contributed by atoms with Crippen LogP contribution in [0.1, 0.15) is 24.8 Å². The van der Waals surface area contributed by atoms with Crippen molar-refractivity contribution in [2.24, 2.45) is 5.92 Å². The van der Waals surface area contributed by atoms with Crippen molar-refractivity contribution < 1.29 is 9.59 Å². The minimum atomic E-state index is -0.0888. The lowest BCUT2D eigenvalue weighted by atomic mass is 9.96. The molecule has 1 aliphatic heterocycles. The summed E-state index contributed by atoms with van der Waals surface area (Å²) in [6, 6.07) is 11.6. The molecule has 1 aromatic carbocycles. The zero-order chi connectivity index (χ0) is 15.8. The third-order valence-electron chi connectivity index (χ3n) is 3.99. The first kappa shape index (κ1) is 16.0. The molecule has 0 radical (unpaired) electrons. The number of benzene rings is 1. The Morgan fingerprint density at radius 1 is 1.23 bits per heavy atom. The number of carbonyl (C=O) groups excluding carboxylic acids is 2. The third kappa shape index (κ3) is 4.88. The maximum absolute atomic E-state index is 11.9. The highest BCUT2D eigenvalue weighted by Gasteiger charge is 2.22. The molecule has 2 amide bonds. The van der Waals surface area contributed by atoms with E-state index in [4.69, 9.17) is 5.26 Å². The van der Waals surface area contributed by atoms with Crippen LogP contribution in [-0.2, 0) is 16.0 Å². The molecule has 0 aliphatic carbocycles. The molecule has 0 saturated carbocycles. The zero-order valence-electron chi connectivity index (χ0n) is 12.6. The topological polar surface area (TPSA) is 73.2 Å². The van der Waals surface area contributed by atoms with Crippen LogP contribution in [0.15, 0.2) is 30.3 Å². The van der Waals surface area contributed by atoms with E-state index in [1.165, 1.54) is 0 Å². The van der Waals surface area contributed by atoms with Crippen molar-refractivity contribution in [3.8, 4) is 6.07 Å². The lowest BCUT2D eigenvalue weighted by molar-refractivity contribution is -0.131. The van der Waals surface area contributed by atoms with Crippen LogP contribution in [0.2, 0.25) is 0 Å². The van der Waals surface area contributed by atoms with Gasteiger partial charge >= 0.3 is 0 Å². The van der Waals surface area contributed by atoms with E-state index in [9.17, 15) is 9.59 Å². The normalized spacial score (nSPS) is 15.1. The van der Waals surface area contributed by atoms with Gasteiger partial charge in [0, 0.05) is 19.6 Å². The number of likely N-dealkylation sites (tertiary alicyclic amines) is 1. The Morgan fingerprint density at radius 3 is 2.55 bits per heavy atom. The molecule has 5 nitrogen and oxygen atoms in total. The summed E-state index contributed by atoms with van der Waals surface area (Å²) in [5.74, 6) is 0.356. The second-order valence-corrected chi connectivity index (χ2v) is 5.63. The molecule has 22 heavy (non-hydrogen) atoms. The van der Waals surface area contributed by atoms with E-state index in [-0.39, 0.29) is 18.2 Å². The second kappa shape index (κ2) is 8.18. The molecule has 1 aliphatic rings. The minimum Gasteiger partial charge on any atom is -0.356 e. The van der Waals surface area contributed by atoms with Crippen LogP contribution in [-0.4, -0.2) is 36.3 Å². The zero-order valence-corrected chi connectivity index (χ0v) is 12.6. The molecular formula is C17H21N3O2. The van der Waals surface area contributed by atoms with Crippen LogP contribution in [0.25, 0.3) is 0 Å². The summed E-state index contributed by atoms with van der Waals surface area (Å²) in [6.45, 7) is 2.02. The Labute approximate surface area is 130 Å². The Hall–Kier alpha value is -2.35. The molecule has 0 aromatic heterocycles. The van der Waals surface area contributed by atoms with Crippen molar-refractivity contribution in [2.75, 3.05) is 19.6 Å². The number of amides is 2. The summed E-state index contributed by atoms with van der Waals surface area (Å²) in [5, 5.41) is 11.5. The average Bonchev–Trinajstić information content (AvgIpc) is 2.54. The SMILES string of the molecule is N#CCC(=O)N1CCC(CNC(=O)Cc2ccccc2)CC1. The Balaban J connectivity index is 1.67. The third-order valence-corrected chi connectivity index (χ3v) is 3.99. The highest BCUT2D eigenvalue weighted by Crippen LogP contribution is 2.17. The van der Waals surface area contributed by atoms with Crippen LogP contribution in [0, 0.1) is 17.2 Å². The summed E-state index contributed by atoms with van der Waals surface area (Å²) >= 11 is 0. The highest BCUT2D eigenvalue weighted by atomic mass is 16.2. The van der Waals surface area contributed by atoms with Gasteiger partial charge in [-0.1, -0.05) is 30.3 Å². The smallest absolute Gasteiger partial charge is 0.236 e. The lowest BCUT2D eigenvalue weighted by Crippen LogP contribution is -2.41. The highest BCUT2D eigenvalue weighted by molar-refractivity contribution is 5.79. The van der Waals surface area contributed by atoms with Gasteiger partial charge in [0.1, 0.15) is 6.42 Å². The van der Waals surface area contributed by atoms with Crippen LogP contribution in [0.3, 0.4) is 0 Å². The average molecular weight is 299 g/mol. The monoisotopic (exact) mass is 299 g/mol. The van der Waals surface area contributed by atoms with E-state index in [2.05, 4.69) is 5.32 Å². The first-order valence-corrected chi connectivity index (χ1v) is 7.64. The summed E-state index contributed by atoms with van der Waals surface area (Å²) in [7, 11) is 0. The van der Waals surface area contributed by atoms with Gasteiger partial charge < -0.3 is 10.2 Å². The Kier molecular flexibility index (Phi) is 5.96. The number of piperidine rings is 1. The van der Waals surface area contributed by atoms with Crippen molar-refractivity contribution in [1.29, 1.82) is 5.26 Å². The van der Waals surface area contributed by atoms with Crippen molar-refractivity contribution in [1.82, 2.24) is 10.2 Å². The maximum atomic E-state index is 11.9. The fourth-order valence-electron chi connectivity index (χ4n) is 2.67. The molecule has 1 heterocycles. The largest absolute Gasteiger partial charge is 0.356 e. The molecule has 1 N–H and O–H groups in total. The van der Waals surface area contributed by atoms with E-state index < -0.39 is 0 Å². The first-order valence-electron chi connectivity index (χ1n) is 7.64. The predicted octanol–water partition coefficient (Wildman–Crippen LogP) is 1.50. The maximum Gasteiger partial charge on any atom is 0.236 e. The van der Waals surface area contributed by atoms with Gasteiger partial charge in [0.2, 0.25) is 11.8 Å². The van der Waals surface area contributed by atoms with Crippen molar-refractivity contribution in [3.05, 3.63) is 35.9 Å². The molecule has 1 saturated heterocycles. The molecule has 1 aromatic rings. The number of carbonyl (C=O) groups is 2. The van der Waals surface area contributed by atoms with Crippen LogP contribution in [0.5, 0.6) is 0 Å². The number of hydrogen-bond donors (Lipinski definition) is 1. The standard InChI is InChI=1S/C17H21N3O2/c18-9-6-17(22)20-10-7-15(8-11-20)13-19-16(21)12-14-4-2-1-3-5-14/h1-5,15H,6-8,10-13H2,(H,19,21). The summed E-state index contributed by atoms with van der Waals surface area (Å²) in [4.78, 5) is 25.3. The van der Waals surface area contributed by atoms with Gasteiger partial charge in [0.25, 0.3) is 0 Å². The summed E-state index contributed by atoms with van der Waals surface area (Å²) in [5.41, 5.74) is 1.01. The van der Waals surface area contributed by atoms with Gasteiger partial charge in [-0.2, -0.15) is 5.26 Å². The van der Waals surface area contributed by atoms with E-state index in [1.54, 1.807) is 4.90 Å². The first-order chi connectivity index (χ1) is 10.7. The summed E-state index contributed by atoms with van der Waals surface area (Å²) in [6.07, 6.45) is 2.12. The number of rotatable bonds is 5. The van der Waals surface area contributed by atoms with E-state index >= 15 is 0 Å². The van der Waals surface area contributed by atoms with Gasteiger partial charge in [-0.15, -0.1) is 0 Å². The molecule has 0 atom stereocenters. The van der Waals surface area contributed by atoms with Gasteiger partial charge in [-0.3, -0.25) is 9.59 Å². The molecule has 1 fully saturated rings.